The van der Waals surface area contributed by atoms with Crippen LogP contribution in [0, 0.1) is 19.8 Å². The fourth-order valence-corrected chi connectivity index (χ4v) is 6.87. The summed E-state index contributed by atoms with van der Waals surface area (Å²) in [5, 5.41) is 3.95. The second kappa shape index (κ2) is 11.1. The van der Waals surface area contributed by atoms with Crippen molar-refractivity contribution < 1.29 is 17.7 Å². The minimum Gasteiger partial charge on any atom is -0.355 e. The Labute approximate surface area is 223 Å². The molecule has 2 aromatic heterocycles. The number of amides is 1. The summed E-state index contributed by atoms with van der Waals surface area (Å²) in [4.78, 5) is 21.9. The van der Waals surface area contributed by atoms with Crippen molar-refractivity contribution in [3.63, 3.8) is 0 Å². The molecule has 9 nitrogen and oxygen atoms in total. The number of anilines is 1. The number of aromatic nitrogens is 2. The van der Waals surface area contributed by atoms with Crippen LogP contribution in [0.1, 0.15) is 35.4 Å². The highest BCUT2D eigenvalue weighted by atomic mass is 32.2. The molecule has 2 saturated heterocycles. The van der Waals surface area contributed by atoms with E-state index in [1.165, 1.54) is 4.31 Å². The second-order valence-corrected chi connectivity index (χ2v) is 11.8. The number of sulfonamides is 1. The van der Waals surface area contributed by atoms with Crippen LogP contribution in [-0.2, 0) is 14.8 Å². The van der Waals surface area contributed by atoms with Gasteiger partial charge in [0.15, 0.2) is 10.7 Å². The van der Waals surface area contributed by atoms with Crippen molar-refractivity contribution in [3.05, 3.63) is 71.2 Å². The molecule has 3 aromatic rings. The van der Waals surface area contributed by atoms with E-state index < -0.39 is 10.0 Å². The van der Waals surface area contributed by atoms with Crippen molar-refractivity contribution in [2.24, 2.45) is 5.92 Å². The Morgan fingerprint density at radius 3 is 2.47 bits per heavy atom. The largest absolute Gasteiger partial charge is 0.355 e. The number of aryl methyl sites for hydroxylation is 2. The fraction of sp³-hybridized carbons (Fsp3) is 0.393. The van der Waals surface area contributed by atoms with Crippen LogP contribution in [0.4, 0.5) is 5.82 Å². The zero-order valence-electron chi connectivity index (χ0n) is 21.8. The molecule has 1 amide bonds. The molecule has 0 aliphatic carbocycles. The first-order valence-corrected chi connectivity index (χ1v) is 14.4. The number of benzene rings is 1. The van der Waals surface area contributed by atoms with Gasteiger partial charge in [0, 0.05) is 45.5 Å². The number of rotatable bonds is 6. The third-order valence-corrected chi connectivity index (χ3v) is 9.26. The van der Waals surface area contributed by atoms with E-state index in [9.17, 15) is 13.2 Å². The quantitative estimate of drug-likeness (QED) is 0.475. The molecular formula is C28H33N5O4S. The van der Waals surface area contributed by atoms with Crippen molar-refractivity contribution >= 4 is 33.9 Å². The van der Waals surface area contributed by atoms with Gasteiger partial charge in [0.2, 0.25) is 15.9 Å². The first-order valence-electron chi connectivity index (χ1n) is 13.0. The smallest absolute Gasteiger partial charge is 0.248 e. The number of nitrogens with zero attached hydrogens (tertiary/aromatic N) is 5. The molecule has 1 aromatic carbocycles. The Kier molecular flexibility index (Phi) is 7.62. The van der Waals surface area contributed by atoms with E-state index in [0.717, 1.165) is 16.9 Å². The lowest BCUT2D eigenvalue weighted by Gasteiger charge is -2.39. The van der Waals surface area contributed by atoms with Crippen LogP contribution < -0.4 is 4.90 Å². The van der Waals surface area contributed by atoms with E-state index in [-0.39, 0.29) is 29.0 Å². The Morgan fingerprint density at radius 2 is 1.76 bits per heavy atom. The number of pyridine rings is 1. The van der Waals surface area contributed by atoms with Gasteiger partial charge in [0.25, 0.3) is 0 Å². The molecule has 5 rings (SSSR count). The zero-order valence-corrected chi connectivity index (χ0v) is 22.6. The lowest BCUT2D eigenvalue weighted by Crippen LogP contribution is -2.53. The average molecular weight is 536 g/mol. The van der Waals surface area contributed by atoms with Gasteiger partial charge in [0.1, 0.15) is 11.5 Å². The summed E-state index contributed by atoms with van der Waals surface area (Å²) in [6.07, 6.45) is 6.53. The number of piperazine rings is 1. The molecule has 4 heterocycles. The van der Waals surface area contributed by atoms with Gasteiger partial charge in [-0.25, -0.2) is 13.4 Å². The maximum atomic E-state index is 13.7. The highest BCUT2D eigenvalue weighted by molar-refractivity contribution is 7.89. The summed E-state index contributed by atoms with van der Waals surface area (Å²) in [6.45, 7) is 6.76. The van der Waals surface area contributed by atoms with Gasteiger partial charge in [-0.3, -0.25) is 4.79 Å². The van der Waals surface area contributed by atoms with Crippen molar-refractivity contribution in [1.29, 1.82) is 0 Å². The summed E-state index contributed by atoms with van der Waals surface area (Å²) < 4.78 is 34.3. The summed E-state index contributed by atoms with van der Waals surface area (Å²) in [7, 11) is -3.89. The third-order valence-electron chi connectivity index (χ3n) is 7.23. The van der Waals surface area contributed by atoms with Crippen LogP contribution in [0.2, 0.25) is 0 Å². The van der Waals surface area contributed by atoms with Crippen molar-refractivity contribution in [1.82, 2.24) is 19.3 Å². The number of carbonyl (C=O) groups is 1. The van der Waals surface area contributed by atoms with Gasteiger partial charge in [-0.15, -0.1) is 0 Å². The summed E-state index contributed by atoms with van der Waals surface area (Å²) in [5.74, 6) is 0.756. The van der Waals surface area contributed by atoms with Crippen LogP contribution in [-0.4, -0.2) is 72.9 Å². The first-order chi connectivity index (χ1) is 18.3. The molecule has 0 N–H and O–H groups in total. The van der Waals surface area contributed by atoms with Gasteiger partial charge in [-0.2, -0.15) is 4.31 Å². The maximum Gasteiger partial charge on any atom is 0.248 e. The topological polar surface area (TPSA) is 99.8 Å². The predicted molar refractivity (Wildman–Crippen MR) is 146 cm³/mol. The predicted octanol–water partition coefficient (Wildman–Crippen LogP) is 3.61. The molecular weight excluding hydrogens is 502 g/mol. The Morgan fingerprint density at radius 1 is 1.00 bits per heavy atom. The average Bonchev–Trinajstić information content (AvgIpc) is 3.34. The Bertz CT molecular complexity index is 1390. The summed E-state index contributed by atoms with van der Waals surface area (Å²) in [5.41, 5.74) is 2.39. The highest BCUT2D eigenvalue weighted by Crippen LogP contribution is 2.30. The van der Waals surface area contributed by atoms with E-state index in [0.29, 0.717) is 51.3 Å². The van der Waals surface area contributed by atoms with Crippen LogP contribution in [0.3, 0.4) is 0 Å². The fourth-order valence-electron chi connectivity index (χ4n) is 5.09. The Hall–Kier alpha value is -3.50. The molecule has 38 heavy (non-hydrogen) atoms. The van der Waals surface area contributed by atoms with E-state index in [1.807, 2.05) is 60.4 Å². The molecule has 2 aliphatic heterocycles. The lowest BCUT2D eigenvalue weighted by atomic mass is 9.98. The van der Waals surface area contributed by atoms with E-state index in [4.69, 9.17) is 4.52 Å². The molecule has 0 spiro atoms. The standard InChI is InChI=1S/C28H33N5O4S/c1-21-8-10-23(11-9-21)12-13-25-27(22(2)30-37-25)38(35,36)33-15-5-6-24(20-33)28(34)32-18-16-31(17-19-32)26-7-3-4-14-29-26/h3-4,7-14,24H,5-6,15-20H2,1-2H3/b13-12+. The minimum absolute atomic E-state index is 0.0205. The van der Waals surface area contributed by atoms with Crippen molar-refractivity contribution in [3.8, 4) is 0 Å². The normalized spacial score (nSPS) is 19.3. The van der Waals surface area contributed by atoms with Crippen LogP contribution in [0.25, 0.3) is 12.2 Å². The molecule has 0 radical (unpaired) electrons. The molecule has 2 aliphatic rings. The SMILES string of the molecule is Cc1ccc(/C=C/c2onc(C)c2S(=O)(=O)N2CCCC(C(=O)N3CCN(c4ccccn4)CC3)C2)cc1. The van der Waals surface area contributed by atoms with Gasteiger partial charge >= 0.3 is 0 Å². The molecule has 10 heteroatoms. The zero-order chi connectivity index (χ0) is 26.7. The molecule has 1 atom stereocenters. The molecule has 2 fully saturated rings. The molecule has 0 bridgehead atoms. The van der Waals surface area contributed by atoms with Crippen LogP contribution in [0.5, 0.6) is 0 Å². The van der Waals surface area contributed by atoms with Crippen LogP contribution >= 0.6 is 0 Å². The summed E-state index contributed by atoms with van der Waals surface area (Å²) in [6, 6.07) is 13.7. The second-order valence-electron chi connectivity index (χ2n) is 9.91. The van der Waals surface area contributed by atoms with E-state index in [1.54, 1.807) is 19.2 Å². The lowest BCUT2D eigenvalue weighted by molar-refractivity contribution is -0.137. The van der Waals surface area contributed by atoms with E-state index in [2.05, 4.69) is 15.0 Å². The van der Waals surface area contributed by atoms with Crippen LogP contribution in [0.15, 0.2) is 58.1 Å². The monoisotopic (exact) mass is 535 g/mol. The van der Waals surface area contributed by atoms with Gasteiger partial charge in [0.05, 0.1) is 5.92 Å². The molecule has 0 saturated carbocycles. The molecule has 1 unspecified atom stereocenters. The first kappa shape index (κ1) is 26.1. The summed E-state index contributed by atoms with van der Waals surface area (Å²) >= 11 is 0. The van der Waals surface area contributed by atoms with Gasteiger partial charge in [-0.05, 0) is 50.5 Å². The number of hydrogen-bond donors (Lipinski definition) is 0. The molecule has 200 valence electrons. The van der Waals surface area contributed by atoms with Gasteiger partial charge in [-0.1, -0.05) is 47.1 Å². The third kappa shape index (κ3) is 5.51. The minimum atomic E-state index is -3.89. The van der Waals surface area contributed by atoms with Crippen molar-refractivity contribution in [2.45, 2.75) is 31.6 Å². The van der Waals surface area contributed by atoms with E-state index >= 15 is 0 Å². The highest BCUT2D eigenvalue weighted by Gasteiger charge is 2.38. The number of piperidine rings is 1. The van der Waals surface area contributed by atoms with Crippen molar-refractivity contribution in [2.75, 3.05) is 44.2 Å². The maximum absolute atomic E-state index is 13.7. The Balaban J connectivity index is 1.27. The van der Waals surface area contributed by atoms with Gasteiger partial charge < -0.3 is 14.3 Å². The number of carbonyl (C=O) groups excluding carboxylic acids is 1. The number of hydrogen-bond acceptors (Lipinski definition) is 7.